The molecule has 1 fully saturated rings. The average molecular weight is 246 g/mol. The molecule has 1 aliphatic rings. The Morgan fingerprint density at radius 1 is 1.50 bits per heavy atom. The van der Waals surface area contributed by atoms with Gasteiger partial charge in [0.1, 0.15) is 0 Å². The van der Waals surface area contributed by atoms with Crippen LogP contribution in [0.25, 0.3) is 5.65 Å². The first-order valence-corrected chi connectivity index (χ1v) is 6.46. The summed E-state index contributed by atoms with van der Waals surface area (Å²) in [6.45, 7) is 4.89. The maximum Gasteiger partial charge on any atom is 0.243 e. The summed E-state index contributed by atoms with van der Waals surface area (Å²) in [5.74, 6) is 0.709. The van der Waals surface area contributed by atoms with Gasteiger partial charge < -0.3 is 10.1 Å². The first kappa shape index (κ1) is 11.5. The molecule has 3 rings (SSSR count). The van der Waals surface area contributed by atoms with Crippen molar-refractivity contribution in [3.05, 3.63) is 23.9 Å². The smallest absolute Gasteiger partial charge is 0.243 e. The van der Waals surface area contributed by atoms with E-state index in [2.05, 4.69) is 22.3 Å². The molecule has 18 heavy (non-hydrogen) atoms. The van der Waals surface area contributed by atoms with E-state index in [9.17, 15) is 0 Å². The van der Waals surface area contributed by atoms with E-state index in [-0.39, 0.29) is 0 Å². The molecular weight excluding hydrogens is 228 g/mol. The third-order valence-electron chi connectivity index (χ3n) is 3.32. The van der Waals surface area contributed by atoms with Crippen molar-refractivity contribution in [2.75, 3.05) is 11.9 Å². The van der Waals surface area contributed by atoms with Crippen LogP contribution in [-0.2, 0) is 4.74 Å². The van der Waals surface area contributed by atoms with Gasteiger partial charge in [0.25, 0.3) is 0 Å². The van der Waals surface area contributed by atoms with Gasteiger partial charge in [-0.05, 0) is 44.4 Å². The molecule has 0 unspecified atom stereocenters. The number of nitrogens with one attached hydrogen (secondary N) is 1. The number of hydrogen-bond donors (Lipinski definition) is 1. The Labute approximate surface area is 106 Å². The molecule has 5 nitrogen and oxygen atoms in total. The summed E-state index contributed by atoms with van der Waals surface area (Å²) in [5.41, 5.74) is 2.08. The van der Waals surface area contributed by atoms with E-state index in [1.54, 1.807) is 4.52 Å². The van der Waals surface area contributed by atoms with Gasteiger partial charge in [0, 0.05) is 18.8 Å². The van der Waals surface area contributed by atoms with E-state index in [0.29, 0.717) is 18.1 Å². The van der Waals surface area contributed by atoms with Crippen molar-refractivity contribution in [2.24, 2.45) is 0 Å². The second-order valence-electron chi connectivity index (χ2n) is 4.83. The maximum absolute atomic E-state index is 5.53. The van der Waals surface area contributed by atoms with Crippen molar-refractivity contribution in [3.63, 3.8) is 0 Å². The van der Waals surface area contributed by atoms with Crippen molar-refractivity contribution >= 4 is 11.6 Å². The van der Waals surface area contributed by atoms with Gasteiger partial charge in [0.2, 0.25) is 5.95 Å². The molecule has 5 heteroatoms. The highest BCUT2D eigenvalue weighted by Crippen LogP contribution is 2.25. The summed E-state index contributed by atoms with van der Waals surface area (Å²) in [5, 5.41) is 7.75. The molecule has 0 aromatic carbocycles. The van der Waals surface area contributed by atoms with Gasteiger partial charge in [0.05, 0.1) is 6.10 Å². The van der Waals surface area contributed by atoms with Crippen molar-refractivity contribution in [1.82, 2.24) is 14.6 Å². The summed E-state index contributed by atoms with van der Waals surface area (Å²) in [4.78, 5) is 4.47. The van der Waals surface area contributed by atoms with Gasteiger partial charge in [-0.25, -0.2) is 4.52 Å². The van der Waals surface area contributed by atoms with Crippen LogP contribution in [0.5, 0.6) is 0 Å². The van der Waals surface area contributed by atoms with Crippen molar-refractivity contribution in [2.45, 2.75) is 38.8 Å². The molecule has 0 bridgehead atoms. The number of hydrogen-bond acceptors (Lipinski definition) is 4. The first-order chi connectivity index (χ1) is 8.74. The highest BCUT2D eigenvalue weighted by atomic mass is 16.5. The van der Waals surface area contributed by atoms with Crippen LogP contribution in [0.4, 0.5) is 5.95 Å². The largest absolute Gasteiger partial charge is 0.378 e. The monoisotopic (exact) mass is 246 g/mol. The number of aryl methyl sites for hydroxylation is 1. The number of nitrogens with zero attached hydrogens (tertiary/aromatic N) is 3. The van der Waals surface area contributed by atoms with Crippen LogP contribution in [0.2, 0.25) is 0 Å². The van der Waals surface area contributed by atoms with E-state index in [1.165, 1.54) is 5.56 Å². The quantitative estimate of drug-likeness (QED) is 0.896. The minimum Gasteiger partial charge on any atom is -0.378 e. The highest BCUT2D eigenvalue weighted by Gasteiger charge is 2.30. The fourth-order valence-electron chi connectivity index (χ4n) is 2.28. The van der Waals surface area contributed by atoms with Crippen LogP contribution in [0.15, 0.2) is 18.3 Å². The zero-order valence-electron chi connectivity index (χ0n) is 10.8. The Hall–Kier alpha value is -1.62. The topological polar surface area (TPSA) is 51.5 Å². The fourth-order valence-corrected chi connectivity index (χ4v) is 2.28. The minimum atomic E-state index is 0.409. The Bertz CT molecular complexity index is 545. The lowest BCUT2D eigenvalue weighted by Gasteiger charge is -2.34. The van der Waals surface area contributed by atoms with Crippen molar-refractivity contribution in [3.8, 4) is 0 Å². The molecular formula is C13H18N4O. The molecule has 1 N–H and O–H groups in total. The highest BCUT2D eigenvalue weighted by molar-refractivity contribution is 5.45. The lowest BCUT2D eigenvalue weighted by Crippen LogP contribution is -2.41. The van der Waals surface area contributed by atoms with Crippen LogP contribution in [-0.4, -0.2) is 33.4 Å². The predicted octanol–water partition coefficient (Wildman–Crippen LogP) is 2.02. The number of rotatable bonds is 4. The van der Waals surface area contributed by atoms with Crippen LogP contribution in [0, 0.1) is 6.92 Å². The van der Waals surface area contributed by atoms with Gasteiger partial charge in [-0.15, -0.1) is 5.10 Å². The summed E-state index contributed by atoms with van der Waals surface area (Å²) in [6, 6.07) is 4.50. The van der Waals surface area contributed by atoms with Gasteiger partial charge in [-0.2, -0.15) is 4.98 Å². The summed E-state index contributed by atoms with van der Waals surface area (Å²) >= 11 is 0. The van der Waals surface area contributed by atoms with Gasteiger partial charge in [0.15, 0.2) is 5.65 Å². The SMILES string of the molecule is CCOC1CC(Nc2nc3cc(C)ccn3n2)C1. The molecule has 0 aliphatic heterocycles. The van der Waals surface area contributed by atoms with Gasteiger partial charge in [-0.1, -0.05) is 0 Å². The Balaban J connectivity index is 1.65. The minimum absolute atomic E-state index is 0.409. The summed E-state index contributed by atoms with van der Waals surface area (Å²) < 4.78 is 7.33. The molecule has 0 saturated heterocycles. The molecule has 0 amide bonds. The van der Waals surface area contributed by atoms with Gasteiger partial charge >= 0.3 is 0 Å². The van der Waals surface area contributed by atoms with Crippen LogP contribution in [0.1, 0.15) is 25.3 Å². The molecule has 1 saturated carbocycles. The van der Waals surface area contributed by atoms with Crippen LogP contribution < -0.4 is 5.32 Å². The molecule has 2 aromatic rings. The second-order valence-corrected chi connectivity index (χ2v) is 4.83. The van der Waals surface area contributed by atoms with E-state index in [4.69, 9.17) is 4.74 Å². The van der Waals surface area contributed by atoms with Gasteiger partial charge in [-0.3, -0.25) is 0 Å². The molecule has 2 aromatic heterocycles. The third kappa shape index (κ3) is 2.18. The van der Waals surface area contributed by atoms with Crippen molar-refractivity contribution < 1.29 is 4.74 Å². The summed E-state index contributed by atoms with van der Waals surface area (Å²) in [7, 11) is 0. The maximum atomic E-state index is 5.53. The number of anilines is 1. The number of aromatic nitrogens is 3. The molecule has 0 atom stereocenters. The van der Waals surface area contributed by atoms with E-state index in [0.717, 1.165) is 25.1 Å². The second kappa shape index (κ2) is 4.57. The van der Waals surface area contributed by atoms with E-state index >= 15 is 0 Å². The van der Waals surface area contributed by atoms with Crippen LogP contribution >= 0.6 is 0 Å². The standard InChI is InChI=1S/C13H18N4O/c1-3-18-11-7-10(8-11)14-13-15-12-6-9(2)4-5-17(12)16-13/h4-6,10-11H,3,7-8H2,1-2H3,(H,14,16). The fraction of sp³-hybridized carbons (Fsp3) is 0.538. The Kier molecular flexibility index (Phi) is 2.91. The number of ether oxygens (including phenoxy) is 1. The van der Waals surface area contributed by atoms with E-state index in [1.807, 2.05) is 25.3 Å². The lowest BCUT2D eigenvalue weighted by atomic mass is 9.89. The average Bonchev–Trinajstić information content (AvgIpc) is 2.68. The van der Waals surface area contributed by atoms with E-state index < -0.39 is 0 Å². The van der Waals surface area contributed by atoms with Crippen LogP contribution in [0.3, 0.4) is 0 Å². The Morgan fingerprint density at radius 2 is 2.33 bits per heavy atom. The number of pyridine rings is 1. The van der Waals surface area contributed by atoms with Crippen molar-refractivity contribution in [1.29, 1.82) is 0 Å². The molecule has 0 spiro atoms. The molecule has 1 aliphatic carbocycles. The zero-order chi connectivity index (χ0) is 12.5. The Morgan fingerprint density at radius 3 is 3.11 bits per heavy atom. The molecule has 0 radical (unpaired) electrons. The third-order valence-corrected chi connectivity index (χ3v) is 3.32. The predicted molar refractivity (Wildman–Crippen MR) is 69.8 cm³/mol. The number of fused-ring (bicyclic) bond motifs is 1. The normalized spacial score (nSPS) is 23.0. The molecule has 96 valence electrons. The lowest BCUT2D eigenvalue weighted by molar-refractivity contribution is 0.00286. The summed E-state index contributed by atoms with van der Waals surface area (Å²) in [6.07, 6.45) is 4.43. The first-order valence-electron chi connectivity index (χ1n) is 6.46. The zero-order valence-corrected chi connectivity index (χ0v) is 10.8. The molecule has 2 heterocycles.